The highest BCUT2D eigenvalue weighted by atomic mass is 19.4. The fourth-order valence-corrected chi connectivity index (χ4v) is 1.72. The zero-order valence-corrected chi connectivity index (χ0v) is 10.5. The smallest absolute Gasteiger partial charge is 0.385 e. The van der Waals surface area contributed by atoms with Crippen LogP contribution in [-0.2, 0) is 22.1 Å². The van der Waals surface area contributed by atoms with Crippen molar-refractivity contribution < 1.29 is 22.7 Å². The van der Waals surface area contributed by atoms with Gasteiger partial charge in [0.15, 0.2) is 0 Å². The van der Waals surface area contributed by atoms with Gasteiger partial charge in [-0.15, -0.1) is 0 Å². The number of benzene rings is 1. The number of nitrogens with two attached hydrogens (primary N) is 1. The Kier molecular flexibility index (Phi) is 5.35. The first kappa shape index (κ1) is 15.5. The van der Waals surface area contributed by atoms with E-state index in [1.54, 1.807) is 0 Å². The summed E-state index contributed by atoms with van der Waals surface area (Å²) >= 11 is 0. The minimum atomic E-state index is -4.35. The molecule has 6 heteroatoms. The molecule has 0 aliphatic heterocycles. The van der Waals surface area contributed by atoms with Gasteiger partial charge in [0.2, 0.25) is 5.91 Å². The van der Waals surface area contributed by atoms with E-state index in [4.69, 9.17) is 10.5 Å². The standard InChI is InChI=1S/C13H16F3NO2/c1-19-7-6-10(12(17)18)8-9-2-4-11(5-3-9)13(14,15)16/h2-5,10H,6-8H2,1H3,(H2,17,18). The summed E-state index contributed by atoms with van der Waals surface area (Å²) < 4.78 is 42.0. The van der Waals surface area contributed by atoms with Crippen LogP contribution in [0.3, 0.4) is 0 Å². The lowest BCUT2D eigenvalue weighted by molar-refractivity contribution is -0.137. The van der Waals surface area contributed by atoms with Crippen molar-refractivity contribution in [3.63, 3.8) is 0 Å². The quantitative estimate of drug-likeness (QED) is 0.866. The first-order chi connectivity index (χ1) is 8.84. The Morgan fingerprint density at radius 2 is 1.89 bits per heavy atom. The fourth-order valence-electron chi connectivity index (χ4n) is 1.72. The fraction of sp³-hybridized carbons (Fsp3) is 0.462. The first-order valence-electron chi connectivity index (χ1n) is 5.79. The second kappa shape index (κ2) is 6.56. The average Bonchev–Trinajstić information content (AvgIpc) is 2.33. The molecule has 3 nitrogen and oxygen atoms in total. The summed E-state index contributed by atoms with van der Waals surface area (Å²) in [4.78, 5) is 11.2. The van der Waals surface area contributed by atoms with Gasteiger partial charge in [-0.2, -0.15) is 13.2 Å². The van der Waals surface area contributed by atoms with Crippen molar-refractivity contribution in [2.45, 2.75) is 19.0 Å². The van der Waals surface area contributed by atoms with Gasteiger partial charge in [-0.25, -0.2) is 0 Å². The Balaban J connectivity index is 2.72. The van der Waals surface area contributed by atoms with Crippen molar-refractivity contribution in [2.75, 3.05) is 13.7 Å². The lowest BCUT2D eigenvalue weighted by atomic mass is 9.95. The molecule has 1 rings (SSSR count). The molecule has 1 amide bonds. The number of alkyl halides is 3. The SMILES string of the molecule is COCCC(Cc1ccc(C(F)(F)F)cc1)C(N)=O. The van der Waals surface area contributed by atoms with E-state index in [-0.39, 0.29) is 0 Å². The van der Waals surface area contributed by atoms with E-state index in [0.717, 1.165) is 12.1 Å². The Bertz CT molecular complexity index is 415. The third kappa shape index (κ3) is 4.90. The maximum absolute atomic E-state index is 12.4. The molecule has 0 fully saturated rings. The van der Waals surface area contributed by atoms with Crippen LogP contribution in [0.25, 0.3) is 0 Å². The Morgan fingerprint density at radius 1 is 1.32 bits per heavy atom. The molecule has 0 spiro atoms. The van der Waals surface area contributed by atoms with Crippen LogP contribution in [0.1, 0.15) is 17.5 Å². The summed E-state index contributed by atoms with van der Waals surface area (Å²) in [5.74, 6) is -0.909. The van der Waals surface area contributed by atoms with E-state index in [9.17, 15) is 18.0 Å². The molecule has 0 aliphatic rings. The molecule has 0 saturated heterocycles. The summed E-state index contributed by atoms with van der Waals surface area (Å²) in [5, 5.41) is 0. The molecule has 1 atom stereocenters. The van der Waals surface area contributed by atoms with E-state index >= 15 is 0 Å². The van der Waals surface area contributed by atoms with Crippen molar-refractivity contribution in [3.8, 4) is 0 Å². The molecular formula is C13H16F3NO2. The van der Waals surface area contributed by atoms with E-state index in [2.05, 4.69) is 0 Å². The normalized spacial score (nSPS) is 13.3. The number of primary amides is 1. The van der Waals surface area contributed by atoms with E-state index < -0.39 is 23.6 Å². The first-order valence-corrected chi connectivity index (χ1v) is 5.79. The second-order valence-electron chi connectivity index (χ2n) is 4.28. The number of rotatable bonds is 6. The zero-order chi connectivity index (χ0) is 14.5. The third-order valence-corrected chi connectivity index (χ3v) is 2.84. The number of carbonyl (C=O) groups is 1. The largest absolute Gasteiger partial charge is 0.416 e. The lowest BCUT2D eigenvalue weighted by Gasteiger charge is -2.13. The summed E-state index contributed by atoms with van der Waals surface area (Å²) in [6.45, 7) is 0.383. The van der Waals surface area contributed by atoms with Crippen molar-refractivity contribution in [3.05, 3.63) is 35.4 Å². The van der Waals surface area contributed by atoms with Gasteiger partial charge < -0.3 is 10.5 Å². The number of methoxy groups -OCH3 is 1. The molecule has 1 aromatic rings. The van der Waals surface area contributed by atoms with E-state index in [1.807, 2.05) is 0 Å². The van der Waals surface area contributed by atoms with E-state index in [0.29, 0.717) is 25.0 Å². The molecule has 0 aromatic heterocycles. The molecule has 19 heavy (non-hydrogen) atoms. The van der Waals surface area contributed by atoms with Gasteiger partial charge >= 0.3 is 6.18 Å². The van der Waals surface area contributed by atoms with Crippen molar-refractivity contribution in [2.24, 2.45) is 11.7 Å². The maximum Gasteiger partial charge on any atom is 0.416 e. The molecular weight excluding hydrogens is 259 g/mol. The Labute approximate surface area is 109 Å². The molecule has 0 saturated carbocycles. The van der Waals surface area contributed by atoms with Gasteiger partial charge in [0.05, 0.1) is 5.56 Å². The lowest BCUT2D eigenvalue weighted by Crippen LogP contribution is -2.26. The van der Waals surface area contributed by atoms with Crippen LogP contribution in [0.5, 0.6) is 0 Å². The van der Waals surface area contributed by atoms with Crippen LogP contribution >= 0.6 is 0 Å². The van der Waals surface area contributed by atoms with Crippen LogP contribution in [0.4, 0.5) is 13.2 Å². The molecule has 0 bridgehead atoms. The maximum atomic E-state index is 12.4. The molecule has 0 aliphatic carbocycles. The molecule has 2 N–H and O–H groups in total. The molecule has 106 valence electrons. The zero-order valence-electron chi connectivity index (χ0n) is 10.5. The molecule has 1 aromatic carbocycles. The van der Waals surface area contributed by atoms with Gasteiger partial charge in [0.1, 0.15) is 0 Å². The summed E-state index contributed by atoms with van der Waals surface area (Å²) in [7, 11) is 1.51. The van der Waals surface area contributed by atoms with E-state index in [1.165, 1.54) is 19.2 Å². The summed E-state index contributed by atoms with van der Waals surface area (Å²) in [5.41, 5.74) is 5.19. The summed E-state index contributed by atoms with van der Waals surface area (Å²) in [6.07, 6.45) is -3.58. The predicted molar refractivity (Wildman–Crippen MR) is 64.3 cm³/mol. The van der Waals surface area contributed by atoms with Crippen molar-refractivity contribution in [1.82, 2.24) is 0 Å². The minimum absolute atomic E-state index is 0.316. The monoisotopic (exact) mass is 275 g/mol. The third-order valence-electron chi connectivity index (χ3n) is 2.84. The Morgan fingerprint density at radius 3 is 2.32 bits per heavy atom. The predicted octanol–water partition coefficient (Wildman–Crippen LogP) is 2.39. The average molecular weight is 275 g/mol. The highest BCUT2D eigenvalue weighted by Gasteiger charge is 2.30. The number of hydrogen-bond acceptors (Lipinski definition) is 2. The molecule has 1 unspecified atom stereocenters. The topological polar surface area (TPSA) is 52.3 Å². The van der Waals surface area contributed by atoms with Crippen LogP contribution in [0.15, 0.2) is 24.3 Å². The van der Waals surface area contributed by atoms with Gasteiger partial charge in [0, 0.05) is 19.6 Å². The summed E-state index contributed by atoms with van der Waals surface area (Å²) in [6, 6.07) is 4.74. The van der Waals surface area contributed by atoms with Crippen molar-refractivity contribution >= 4 is 5.91 Å². The number of carbonyl (C=O) groups excluding carboxylic acids is 1. The van der Waals surface area contributed by atoms with Gasteiger partial charge in [0.25, 0.3) is 0 Å². The van der Waals surface area contributed by atoms with Crippen LogP contribution in [-0.4, -0.2) is 19.6 Å². The molecule has 0 radical (unpaired) electrons. The van der Waals surface area contributed by atoms with Crippen LogP contribution < -0.4 is 5.73 Å². The van der Waals surface area contributed by atoms with Gasteiger partial charge in [-0.05, 0) is 30.5 Å². The number of hydrogen-bond donors (Lipinski definition) is 1. The second-order valence-corrected chi connectivity index (χ2v) is 4.28. The highest BCUT2D eigenvalue weighted by Crippen LogP contribution is 2.29. The van der Waals surface area contributed by atoms with Crippen molar-refractivity contribution in [1.29, 1.82) is 0 Å². The minimum Gasteiger partial charge on any atom is -0.385 e. The van der Waals surface area contributed by atoms with Gasteiger partial charge in [-0.1, -0.05) is 12.1 Å². The number of amides is 1. The van der Waals surface area contributed by atoms with Gasteiger partial charge in [-0.3, -0.25) is 4.79 Å². The highest BCUT2D eigenvalue weighted by molar-refractivity contribution is 5.76. The van der Waals surface area contributed by atoms with Crippen LogP contribution in [0, 0.1) is 5.92 Å². The Hall–Kier alpha value is -1.56. The number of halogens is 3. The van der Waals surface area contributed by atoms with Crippen LogP contribution in [0.2, 0.25) is 0 Å². The molecule has 0 heterocycles. The number of ether oxygens (including phenoxy) is 1.